The Labute approximate surface area is 159 Å². The van der Waals surface area contributed by atoms with E-state index in [0.29, 0.717) is 16.5 Å². The summed E-state index contributed by atoms with van der Waals surface area (Å²) < 4.78 is 11.4. The Morgan fingerprint density at radius 2 is 2.00 bits per heavy atom. The van der Waals surface area contributed by atoms with Gasteiger partial charge in [-0.25, -0.2) is 14.3 Å². The fraction of sp³-hybridized carbons (Fsp3) is 0.235. The fourth-order valence-electron chi connectivity index (χ4n) is 2.39. The molecular formula is C17H16ClN5O4. The van der Waals surface area contributed by atoms with Gasteiger partial charge in [0.2, 0.25) is 0 Å². The number of hydrogen-bond donors (Lipinski definition) is 1. The molecule has 10 heteroatoms. The van der Waals surface area contributed by atoms with E-state index < -0.39 is 18.5 Å². The summed E-state index contributed by atoms with van der Waals surface area (Å²) in [6, 6.07) is 6.57. The van der Waals surface area contributed by atoms with E-state index in [1.165, 1.54) is 17.7 Å². The topological polar surface area (TPSA) is 108 Å². The van der Waals surface area contributed by atoms with E-state index >= 15 is 0 Å². The summed E-state index contributed by atoms with van der Waals surface area (Å²) in [6.07, 6.45) is 0. The standard InChI is InChI=1S/C17H16ClN5O4/c1-9-6-10(2)23-17(19-9)21-15(22-23)16(25)27-8-14(24)20-11-4-5-13(26-3)12(18)7-11/h4-7H,8H2,1-3H3,(H,20,24). The van der Waals surface area contributed by atoms with Crippen LogP contribution in [0.1, 0.15) is 22.0 Å². The van der Waals surface area contributed by atoms with Crippen LogP contribution in [0.2, 0.25) is 5.02 Å². The molecule has 1 N–H and O–H groups in total. The Bertz CT molecular complexity index is 1030. The number of aryl methyl sites for hydroxylation is 2. The van der Waals surface area contributed by atoms with E-state index in [2.05, 4.69) is 20.4 Å². The predicted octanol–water partition coefficient (Wildman–Crippen LogP) is 2.20. The summed E-state index contributed by atoms with van der Waals surface area (Å²) in [5, 5.41) is 6.97. The smallest absolute Gasteiger partial charge is 0.378 e. The number of carbonyl (C=O) groups excluding carboxylic acids is 2. The van der Waals surface area contributed by atoms with Gasteiger partial charge in [0.25, 0.3) is 17.5 Å². The number of rotatable bonds is 5. The SMILES string of the molecule is COc1ccc(NC(=O)COC(=O)c2nc3nc(C)cc(C)n3n2)cc1Cl. The summed E-state index contributed by atoms with van der Waals surface area (Å²) in [5.74, 6) is -0.745. The molecule has 0 aliphatic rings. The number of halogens is 1. The maximum Gasteiger partial charge on any atom is 0.378 e. The normalized spacial score (nSPS) is 10.7. The van der Waals surface area contributed by atoms with Crippen molar-refractivity contribution in [3.8, 4) is 5.75 Å². The molecule has 140 valence electrons. The molecule has 0 bridgehead atoms. The lowest BCUT2D eigenvalue weighted by atomic mass is 10.3. The first-order chi connectivity index (χ1) is 12.9. The zero-order chi connectivity index (χ0) is 19.6. The third-order valence-corrected chi connectivity index (χ3v) is 3.87. The molecule has 0 spiro atoms. The first kappa shape index (κ1) is 18.6. The second kappa shape index (κ2) is 7.58. The number of hydrogen-bond acceptors (Lipinski definition) is 7. The quantitative estimate of drug-likeness (QED) is 0.666. The van der Waals surface area contributed by atoms with E-state index in [1.807, 2.05) is 19.9 Å². The average molecular weight is 390 g/mol. The molecule has 3 aromatic rings. The summed E-state index contributed by atoms with van der Waals surface area (Å²) >= 11 is 6.00. The first-order valence-corrected chi connectivity index (χ1v) is 8.26. The summed E-state index contributed by atoms with van der Waals surface area (Å²) in [4.78, 5) is 32.3. The van der Waals surface area contributed by atoms with Gasteiger partial charge in [0, 0.05) is 17.1 Å². The molecular weight excluding hydrogens is 374 g/mol. The molecule has 0 saturated carbocycles. The summed E-state index contributed by atoms with van der Waals surface area (Å²) in [7, 11) is 1.49. The van der Waals surface area contributed by atoms with Crippen LogP contribution < -0.4 is 10.1 Å². The number of carbonyl (C=O) groups is 2. The highest BCUT2D eigenvalue weighted by atomic mass is 35.5. The maximum absolute atomic E-state index is 12.1. The third-order valence-electron chi connectivity index (χ3n) is 3.57. The highest BCUT2D eigenvalue weighted by Gasteiger charge is 2.18. The largest absolute Gasteiger partial charge is 0.495 e. The molecule has 0 aliphatic carbocycles. The molecule has 0 saturated heterocycles. The lowest BCUT2D eigenvalue weighted by Crippen LogP contribution is -2.21. The lowest BCUT2D eigenvalue weighted by molar-refractivity contribution is -0.119. The van der Waals surface area contributed by atoms with Gasteiger partial charge in [-0.15, -0.1) is 5.10 Å². The number of ether oxygens (including phenoxy) is 2. The van der Waals surface area contributed by atoms with Gasteiger partial charge in [0.15, 0.2) is 6.61 Å². The van der Waals surface area contributed by atoms with Crippen molar-refractivity contribution in [1.82, 2.24) is 19.6 Å². The number of amides is 1. The van der Waals surface area contributed by atoms with Gasteiger partial charge in [-0.2, -0.15) is 4.98 Å². The molecule has 9 nitrogen and oxygen atoms in total. The molecule has 27 heavy (non-hydrogen) atoms. The van der Waals surface area contributed by atoms with Crippen molar-refractivity contribution in [3.63, 3.8) is 0 Å². The van der Waals surface area contributed by atoms with E-state index in [4.69, 9.17) is 21.1 Å². The molecule has 0 unspecified atom stereocenters. The predicted molar refractivity (Wildman–Crippen MR) is 97.2 cm³/mol. The van der Waals surface area contributed by atoms with Gasteiger partial charge in [0.05, 0.1) is 12.1 Å². The molecule has 3 rings (SSSR count). The molecule has 0 fully saturated rings. The Kier molecular flexibility index (Phi) is 5.22. The van der Waals surface area contributed by atoms with Crippen LogP contribution in [0.5, 0.6) is 5.75 Å². The van der Waals surface area contributed by atoms with Crippen LogP contribution in [-0.2, 0) is 9.53 Å². The minimum absolute atomic E-state index is 0.170. The second-order valence-electron chi connectivity index (χ2n) is 5.66. The Morgan fingerprint density at radius 3 is 2.70 bits per heavy atom. The van der Waals surface area contributed by atoms with Gasteiger partial charge < -0.3 is 14.8 Å². The molecule has 0 aliphatic heterocycles. The van der Waals surface area contributed by atoms with Crippen LogP contribution >= 0.6 is 11.6 Å². The second-order valence-corrected chi connectivity index (χ2v) is 6.07. The summed E-state index contributed by atoms with van der Waals surface area (Å²) in [6.45, 7) is 3.14. The number of methoxy groups -OCH3 is 1. The minimum Gasteiger partial charge on any atom is -0.495 e. The Balaban J connectivity index is 1.62. The third kappa shape index (κ3) is 4.14. The highest BCUT2D eigenvalue weighted by Crippen LogP contribution is 2.27. The zero-order valence-corrected chi connectivity index (χ0v) is 15.6. The molecule has 0 radical (unpaired) electrons. The molecule has 2 aromatic heterocycles. The van der Waals surface area contributed by atoms with Gasteiger partial charge in [-0.1, -0.05) is 11.6 Å². The Hall–Kier alpha value is -3.20. The summed E-state index contributed by atoms with van der Waals surface area (Å²) in [5.41, 5.74) is 1.98. The van der Waals surface area contributed by atoms with Gasteiger partial charge in [0.1, 0.15) is 5.75 Å². The van der Waals surface area contributed by atoms with Crippen molar-refractivity contribution in [1.29, 1.82) is 0 Å². The molecule has 1 amide bonds. The van der Waals surface area contributed by atoms with E-state index in [0.717, 1.165) is 11.4 Å². The Morgan fingerprint density at radius 1 is 1.22 bits per heavy atom. The number of nitrogens with one attached hydrogen (secondary N) is 1. The van der Waals surface area contributed by atoms with Crippen LogP contribution in [0.3, 0.4) is 0 Å². The van der Waals surface area contributed by atoms with Crippen LogP contribution in [0.25, 0.3) is 5.78 Å². The van der Waals surface area contributed by atoms with Crippen molar-refractivity contribution < 1.29 is 19.1 Å². The van der Waals surface area contributed by atoms with Crippen LogP contribution in [0, 0.1) is 13.8 Å². The van der Waals surface area contributed by atoms with Crippen LogP contribution in [-0.4, -0.2) is 45.2 Å². The number of anilines is 1. The lowest BCUT2D eigenvalue weighted by Gasteiger charge is -2.08. The number of fused-ring (bicyclic) bond motifs is 1. The van der Waals surface area contributed by atoms with Crippen molar-refractivity contribution in [2.45, 2.75) is 13.8 Å². The van der Waals surface area contributed by atoms with E-state index in [9.17, 15) is 9.59 Å². The minimum atomic E-state index is -0.819. The van der Waals surface area contributed by atoms with E-state index in [-0.39, 0.29) is 11.6 Å². The van der Waals surface area contributed by atoms with Gasteiger partial charge in [-0.05, 0) is 38.1 Å². The molecule has 0 atom stereocenters. The van der Waals surface area contributed by atoms with Crippen molar-refractivity contribution in [2.75, 3.05) is 19.0 Å². The molecule has 1 aromatic carbocycles. The van der Waals surface area contributed by atoms with Gasteiger partial charge >= 0.3 is 5.97 Å². The first-order valence-electron chi connectivity index (χ1n) is 7.89. The van der Waals surface area contributed by atoms with Crippen molar-refractivity contribution in [3.05, 3.63) is 46.5 Å². The average Bonchev–Trinajstić information content (AvgIpc) is 3.04. The van der Waals surface area contributed by atoms with Crippen LogP contribution in [0.4, 0.5) is 5.69 Å². The van der Waals surface area contributed by atoms with Crippen molar-refractivity contribution >= 4 is 34.9 Å². The van der Waals surface area contributed by atoms with Crippen molar-refractivity contribution in [2.24, 2.45) is 0 Å². The fourth-order valence-corrected chi connectivity index (χ4v) is 2.65. The maximum atomic E-state index is 12.1. The highest BCUT2D eigenvalue weighted by molar-refractivity contribution is 6.32. The zero-order valence-electron chi connectivity index (χ0n) is 14.8. The number of esters is 1. The monoisotopic (exact) mass is 389 g/mol. The molecule has 2 heterocycles. The van der Waals surface area contributed by atoms with Crippen LogP contribution in [0.15, 0.2) is 24.3 Å². The van der Waals surface area contributed by atoms with E-state index in [1.54, 1.807) is 12.1 Å². The number of benzene rings is 1. The number of nitrogens with zero attached hydrogens (tertiary/aromatic N) is 4. The van der Waals surface area contributed by atoms with Gasteiger partial charge in [-0.3, -0.25) is 4.79 Å². The number of aromatic nitrogens is 4.